The molecule has 3 aromatic carbocycles. The number of para-hydroxylation sites is 1. The number of fused-ring (bicyclic) bond motifs is 3. The highest BCUT2D eigenvalue weighted by atomic mass is 32.2. The zero-order valence-corrected chi connectivity index (χ0v) is 21.5. The van der Waals surface area contributed by atoms with Gasteiger partial charge < -0.3 is 14.1 Å². The molecule has 3 aliphatic heterocycles. The van der Waals surface area contributed by atoms with E-state index in [1.807, 2.05) is 11.9 Å². The van der Waals surface area contributed by atoms with Gasteiger partial charge in [0.05, 0.1) is 5.69 Å². The van der Waals surface area contributed by atoms with Crippen molar-refractivity contribution >= 4 is 29.0 Å². The van der Waals surface area contributed by atoms with Gasteiger partial charge in [-0.15, -0.1) is 0 Å². The van der Waals surface area contributed by atoms with Crippen molar-refractivity contribution in [3.63, 3.8) is 0 Å². The molecule has 0 saturated carbocycles. The number of nitrogens with zero attached hydrogens (tertiary/aromatic N) is 3. The summed E-state index contributed by atoms with van der Waals surface area (Å²) in [6, 6.07) is 18.6. The molecule has 0 radical (unpaired) electrons. The molecule has 34 heavy (non-hydrogen) atoms. The first-order valence-electron chi connectivity index (χ1n) is 12.8. The Labute approximate surface area is 208 Å². The Morgan fingerprint density at radius 1 is 0.765 bits per heavy atom. The zero-order chi connectivity index (χ0) is 23.2. The molecule has 3 aromatic rings. The third-order valence-electron chi connectivity index (χ3n) is 8.14. The molecule has 0 saturated heterocycles. The largest absolute Gasteiger partial charge is 0.371 e. The van der Waals surface area contributed by atoms with Gasteiger partial charge in [-0.3, -0.25) is 0 Å². The van der Waals surface area contributed by atoms with E-state index in [2.05, 4.69) is 82.7 Å². The Hall–Kier alpha value is -2.59. The Balaban J connectivity index is 1.22. The quantitative estimate of drug-likeness (QED) is 0.403. The molecule has 176 valence electrons. The SMILES string of the molecule is CSN1CCc2cc(CN3CCc4c(CCN5CCc6ccccc65)ccc(C)c43)c(C)cc21. The summed E-state index contributed by atoms with van der Waals surface area (Å²) >= 11 is 1.85. The van der Waals surface area contributed by atoms with Gasteiger partial charge in [0.25, 0.3) is 0 Å². The topological polar surface area (TPSA) is 9.72 Å². The zero-order valence-electron chi connectivity index (χ0n) is 20.7. The molecular weight excluding hydrogens is 434 g/mol. The van der Waals surface area contributed by atoms with Crippen molar-refractivity contribution in [3.8, 4) is 0 Å². The molecule has 0 N–H and O–H groups in total. The van der Waals surface area contributed by atoms with Crippen LogP contribution in [0.25, 0.3) is 0 Å². The van der Waals surface area contributed by atoms with Crippen LogP contribution in [0.2, 0.25) is 0 Å². The second-order valence-corrected chi connectivity index (χ2v) is 10.9. The molecule has 3 heterocycles. The molecule has 3 aliphatic rings. The summed E-state index contributed by atoms with van der Waals surface area (Å²) in [4.78, 5) is 5.23. The van der Waals surface area contributed by atoms with E-state index < -0.39 is 0 Å². The van der Waals surface area contributed by atoms with E-state index >= 15 is 0 Å². The van der Waals surface area contributed by atoms with Gasteiger partial charge in [-0.1, -0.05) is 48.3 Å². The summed E-state index contributed by atoms with van der Waals surface area (Å²) in [5.74, 6) is 0. The summed E-state index contributed by atoms with van der Waals surface area (Å²) in [6.07, 6.45) is 6.84. The number of rotatable bonds is 6. The predicted octanol–water partition coefficient (Wildman–Crippen LogP) is 6.11. The maximum absolute atomic E-state index is 2.65. The van der Waals surface area contributed by atoms with E-state index in [1.54, 1.807) is 11.1 Å². The molecule has 0 amide bonds. The lowest BCUT2D eigenvalue weighted by Gasteiger charge is -2.25. The second kappa shape index (κ2) is 8.88. The number of benzene rings is 3. The Morgan fingerprint density at radius 2 is 1.59 bits per heavy atom. The fourth-order valence-corrected chi connectivity index (χ4v) is 6.93. The van der Waals surface area contributed by atoms with Gasteiger partial charge in [-0.25, -0.2) is 0 Å². The Kier molecular flexibility index (Phi) is 5.73. The predicted molar refractivity (Wildman–Crippen MR) is 148 cm³/mol. The molecular formula is C30H35N3S. The van der Waals surface area contributed by atoms with Gasteiger partial charge in [0, 0.05) is 50.4 Å². The highest BCUT2D eigenvalue weighted by Gasteiger charge is 2.26. The third-order valence-corrected chi connectivity index (χ3v) is 8.96. The highest BCUT2D eigenvalue weighted by molar-refractivity contribution is 8.00. The summed E-state index contributed by atoms with van der Waals surface area (Å²) in [5, 5.41) is 0. The van der Waals surface area contributed by atoms with Crippen LogP contribution in [-0.4, -0.2) is 32.4 Å². The molecule has 6 rings (SSSR count). The van der Waals surface area contributed by atoms with E-state index in [9.17, 15) is 0 Å². The first-order valence-corrected chi connectivity index (χ1v) is 13.9. The van der Waals surface area contributed by atoms with Crippen LogP contribution in [0.5, 0.6) is 0 Å². The number of hydrogen-bond acceptors (Lipinski definition) is 4. The van der Waals surface area contributed by atoms with Crippen molar-refractivity contribution in [2.45, 2.75) is 46.1 Å². The van der Waals surface area contributed by atoms with E-state index in [1.165, 1.54) is 64.1 Å². The molecule has 0 aromatic heterocycles. The lowest BCUT2D eigenvalue weighted by molar-refractivity contribution is 0.806. The smallest absolute Gasteiger partial charge is 0.0505 e. The average molecular weight is 470 g/mol. The van der Waals surface area contributed by atoms with Crippen molar-refractivity contribution in [2.24, 2.45) is 0 Å². The van der Waals surface area contributed by atoms with Crippen molar-refractivity contribution in [1.29, 1.82) is 0 Å². The first kappa shape index (κ1) is 21.9. The number of aryl methyl sites for hydroxylation is 2. The van der Waals surface area contributed by atoms with Crippen molar-refractivity contribution < 1.29 is 0 Å². The average Bonchev–Trinajstić information content (AvgIpc) is 3.56. The molecule has 0 spiro atoms. The van der Waals surface area contributed by atoms with Crippen LogP contribution in [-0.2, 0) is 32.2 Å². The van der Waals surface area contributed by atoms with Crippen LogP contribution in [0.3, 0.4) is 0 Å². The molecule has 0 bridgehead atoms. The summed E-state index contributed by atoms with van der Waals surface area (Å²) in [6.45, 7) is 10.1. The van der Waals surface area contributed by atoms with E-state index in [4.69, 9.17) is 0 Å². The molecule has 3 nitrogen and oxygen atoms in total. The molecule has 4 heteroatoms. The van der Waals surface area contributed by atoms with Crippen molar-refractivity contribution in [2.75, 3.05) is 46.5 Å². The van der Waals surface area contributed by atoms with Gasteiger partial charge in [-0.05, 0) is 90.6 Å². The second-order valence-electron chi connectivity index (χ2n) is 10.1. The van der Waals surface area contributed by atoms with Gasteiger partial charge >= 0.3 is 0 Å². The number of hydrogen-bond donors (Lipinski definition) is 0. The summed E-state index contributed by atoms with van der Waals surface area (Å²) < 4.78 is 2.44. The Morgan fingerprint density at radius 3 is 2.47 bits per heavy atom. The highest BCUT2D eigenvalue weighted by Crippen LogP contribution is 2.38. The summed E-state index contributed by atoms with van der Waals surface area (Å²) in [7, 11) is 0. The van der Waals surface area contributed by atoms with Crippen LogP contribution >= 0.6 is 11.9 Å². The van der Waals surface area contributed by atoms with Gasteiger partial charge in [0.1, 0.15) is 0 Å². The normalized spacial score (nSPS) is 16.3. The third kappa shape index (κ3) is 3.76. The minimum atomic E-state index is 1.02. The van der Waals surface area contributed by atoms with Crippen LogP contribution in [0.15, 0.2) is 48.5 Å². The van der Waals surface area contributed by atoms with E-state index in [-0.39, 0.29) is 0 Å². The van der Waals surface area contributed by atoms with Crippen LogP contribution in [0.1, 0.15) is 38.9 Å². The maximum Gasteiger partial charge on any atom is 0.0505 e. The standard InChI is InChI=1S/C30H35N3S/c1-21-8-9-23(10-14-31-15-11-24-6-4-5-7-28(24)31)27-13-16-32(30(21)27)20-26-19-25-12-17-33(34-3)29(25)18-22(26)2/h4-9,18-19H,10-17,20H2,1-3H3. The monoisotopic (exact) mass is 469 g/mol. The lowest BCUT2D eigenvalue weighted by atomic mass is 9.98. The maximum atomic E-state index is 2.65. The lowest BCUT2D eigenvalue weighted by Crippen LogP contribution is -2.23. The molecule has 0 fully saturated rings. The number of anilines is 3. The van der Waals surface area contributed by atoms with E-state index in [0.717, 1.165) is 39.1 Å². The molecule has 0 aliphatic carbocycles. The van der Waals surface area contributed by atoms with Crippen LogP contribution in [0, 0.1) is 13.8 Å². The van der Waals surface area contributed by atoms with Gasteiger partial charge in [0.15, 0.2) is 0 Å². The van der Waals surface area contributed by atoms with E-state index in [0.29, 0.717) is 0 Å². The van der Waals surface area contributed by atoms with Gasteiger partial charge in [0.2, 0.25) is 0 Å². The van der Waals surface area contributed by atoms with Gasteiger partial charge in [-0.2, -0.15) is 0 Å². The fraction of sp³-hybridized carbons (Fsp3) is 0.400. The summed E-state index contributed by atoms with van der Waals surface area (Å²) in [5.41, 5.74) is 14.9. The van der Waals surface area contributed by atoms with Crippen molar-refractivity contribution in [1.82, 2.24) is 0 Å². The minimum absolute atomic E-state index is 1.02. The molecule has 0 atom stereocenters. The first-order chi connectivity index (χ1) is 16.6. The fourth-order valence-electron chi connectivity index (χ4n) is 6.29. The Bertz CT molecular complexity index is 1230. The van der Waals surface area contributed by atoms with Crippen LogP contribution < -0.4 is 14.1 Å². The molecule has 0 unspecified atom stereocenters. The van der Waals surface area contributed by atoms with Crippen molar-refractivity contribution in [3.05, 3.63) is 87.5 Å². The van der Waals surface area contributed by atoms with Crippen LogP contribution in [0.4, 0.5) is 17.1 Å². The minimum Gasteiger partial charge on any atom is -0.371 e.